The van der Waals surface area contributed by atoms with Gasteiger partial charge in [-0.1, -0.05) is 6.92 Å². The summed E-state index contributed by atoms with van der Waals surface area (Å²) in [5, 5.41) is 6.00. The summed E-state index contributed by atoms with van der Waals surface area (Å²) in [6.45, 7) is 6.69. The second-order valence-corrected chi connectivity index (χ2v) is 3.89. The first kappa shape index (κ1) is 10.3. The Bertz CT molecular complexity index is 184. The zero-order valence-corrected chi connectivity index (χ0v) is 8.63. The highest BCUT2D eigenvalue weighted by Crippen LogP contribution is 2.05. The molecule has 2 atom stereocenters. The Kier molecular flexibility index (Phi) is 3.54. The fraction of sp³-hybridized carbons (Fsp3) is 0.889. The van der Waals surface area contributed by atoms with Gasteiger partial charge in [-0.3, -0.25) is 0 Å². The molecule has 0 saturated carbocycles. The highest BCUT2D eigenvalue weighted by Gasteiger charge is 2.22. The summed E-state index contributed by atoms with van der Waals surface area (Å²) in [6, 6.07) is 0.427. The lowest BCUT2D eigenvalue weighted by molar-refractivity contribution is 0.165. The predicted octanol–water partition coefficient (Wildman–Crippen LogP) is 0.256. The Hall–Kier alpha value is -0.770. The number of hydrogen-bond donors (Lipinski definition) is 2. The molecule has 0 spiro atoms. The van der Waals surface area contributed by atoms with Crippen LogP contribution in [0.3, 0.4) is 0 Å². The Morgan fingerprint density at radius 2 is 2.46 bits per heavy atom. The molecule has 1 fully saturated rings. The van der Waals surface area contributed by atoms with Gasteiger partial charge in [0, 0.05) is 25.7 Å². The fourth-order valence-corrected chi connectivity index (χ4v) is 1.48. The topological polar surface area (TPSA) is 44.4 Å². The molecule has 1 rings (SSSR count). The van der Waals surface area contributed by atoms with Crippen molar-refractivity contribution < 1.29 is 4.79 Å². The first-order valence-corrected chi connectivity index (χ1v) is 4.83. The van der Waals surface area contributed by atoms with Crippen molar-refractivity contribution in [3.8, 4) is 0 Å². The molecule has 0 aromatic carbocycles. The summed E-state index contributed by atoms with van der Waals surface area (Å²) in [5.74, 6) is 0.557. The molecule has 1 heterocycles. The number of carbonyl (C=O) groups excluding carboxylic acids is 1. The van der Waals surface area contributed by atoms with E-state index in [1.807, 2.05) is 11.9 Å². The lowest BCUT2D eigenvalue weighted by atomic mass is 10.1. The minimum absolute atomic E-state index is 0.0696. The number of carbonyl (C=O) groups is 1. The normalized spacial score (nSPS) is 25.6. The molecule has 1 aliphatic rings. The van der Waals surface area contributed by atoms with Crippen LogP contribution in [0, 0.1) is 5.92 Å². The van der Waals surface area contributed by atoms with Crippen LogP contribution in [-0.2, 0) is 0 Å². The summed E-state index contributed by atoms with van der Waals surface area (Å²) >= 11 is 0. The lowest BCUT2D eigenvalue weighted by Crippen LogP contribution is -2.53. The van der Waals surface area contributed by atoms with Crippen molar-refractivity contribution in [2.45, 2.75) is 19.9 Å². The standard InChI is InChI=1S/C9H19N3O/c1-7-4-11-9(13)12(5-7)6-8(2)10-3/h7-8,10H,4-6H2,1-3H3,(H,11,13). The summed E-state index contributed by atoms with van der Waals surface area (Å²) in [6.07, 6.45) is 0. The van der Waals surface area contributed by atoms with Crippen molar-refractivity contribution in [1.29, 1.82) is 0 Å². The van der Waals surface area contributed by atoms with Gasteiger partial charge in [-0.15, -0.1) is 0 Å². The number of hydrogen-bond acceptors (Lipinski definition) is 2. The molecule has 1 aliphatic heterocycles. The van der Waals surface area contributed by atoms with E-state index in [2.05, 4.69) is 24.5 Å². The minimum atomic E-state index is 0.0696. The lowest BCUT2D eigenvalue weighted by Gasteiger charge is -2.33. The van der Waals surface area contributed by atoms with Gasteiger partial charge in [-0.2, -0.15) is 0 Å². The Morgan fingerprint density at radius 1 is 1.77 bits per heavy atom. The van der Waals surface area contributed by atoms with Gasteiger partial charge >= 0.3 is 6.03 Å². The van der Waals surface area contributed by atoms with E-state index < -0.39 is 0 Å². The van der Waals surface area contributed by atoms with Gasteiger partial charge in [-0.05, 0) is 19.9 Å². The molecule has 4 heteroatoms. The average molecular weight is 185 g/mol. The average Bonchev–Trinajstić information content (AvgIpc) is 2.11. The molecular weight excluding hydrogens is 166 g/mol. The van der Waals surface area contributed by atoms with Gasteiger partial charge in [0.15, 0.2) is 0 Å². The van der Waals surface area contributed by atoms with Crippen molar-refractivity contribution in [2.24, 2.45) is 5.92 Å². The summed E-state index contributed by atoms with van der Waals surface area (Å²) in [7, 11) is 1.91. The zero-order valence-electron chi connectivity index (χ0n) is 8.63. The van der Waals surface area contributed by atoms with Gasteiger partial charge in [0.1, 0.15) is 0 Å². The van der Waals surface area contributed by atoms with Crippen molar-refractivity contribution in [1.82, 2.24) is 15.5 Å². The Balaban J connectivity index is 2.42. The number of nitrogens with zero attached hydrogens (tertiary/aromatic N) is 1. The van der Waals surface area contributed by atoms with E-state index in [-0.39, 0.29) is 6.03 Å². The molecule has 4 nitrogen and oxygen atoms in total. The number of amides is 2. The zero-order chi connectivity index (χ0) is 9.84. The van der Waals surface area contributed by atoms with Crippen LogP contribution < -0.4 is 10.6 Å². The second kappa shape index (κ2) is 4.46. The molecule has 0 radical (unpaired) electrons. The van der Waals surface area contributed by atoms with Crippen LogP contribution in [0.15, 0.2) is 0 Å². The molecule has 76 valence electrons. The van der Waals surface area contributed by atoms with E-state index in [0.29, 0.717) is 12.0 Å². The van der Waals surface area contributed by atoms with Crippen molar-refractivity contribution in [3.63, 3.8) is 0 Å². The summed E-state index contributed by atoms with van der Waals surface area (Å²) in [4.78, 5) is 13.2. The van der Waals surface area contributed by atoms with Crippen LogP contribution in [0.5, 0.6) is 0 Å². The van der Waals surface area contributed by atoms with Crippen LogP contribution in [0.25, 0.3) is 0 Å². The summed E-state index contributed by atoms with van der Waals surface area (Å²) < 4.78 is 0. The highest BCUT2D eigenvalue weighted by molar-refractivity contribution is 5.75. The predicted molar refractivity (Wildman–Crippen MR) is 52.7 cm³/mol. The van der Waals surface area contributed by atoms with Crippen molar-refractivity contribution in [2.75, 3.05) is 26.7 Å². The first-order chi connectivity index (χ1) is 6.13. The quantitative estimate of drug-likeness (QED) is 0.662. The van der Waals surface area contributed by atoms with E-state index in [1.54, 1.807) is 0 Å². The maximum atomic E-state index is 11.4. The van der Waals surface area contributed by atoms with E-state index in [0.717, 1.165) is 19.6 Å². The van der Waals surface area contributed by atoms with E-state index >= 15 is 0 Å². The molecule has 13 heavy (non-hydrogen) atoms. The molecule has 2 N–H and O–H groups in total. The third kappa shape index (κ3) is 2.88. The molecule has 2 amide bonds. The van der Waals surface area contributed by atoms with Crippen LogP contribution >= 0.6 is 0 Å². The largest absolute Gasteiger partial charge is 0.338 e. The molecule has 0 aliphatic carbocycles. The number of likely N-dealkylation sites (N-methyl/N-ethyl adjacent to an activating group) is 1. The Labute approximate surface area is 79.7 Å². The van der Waals surface area contributed by atoms with Crippen LogP contribution in [-0.4, -0.2) is 43.7 Å². The van der Waals surface area contributed by atoms with Gasteiger partial charge in [0.2, 0.25) is 0 Å². The minimum Gasteiger partial charge on any atom is -0.338 e. The van der Waals surface area contributed by atoms with Crippen LogP contribution in [0.4, 0.5) is 4.79 Å². The van der Waals surface area contributed by atoms with Crippen molar-refractivity contribution >= 4 is 6.03 Å². The Morgan fingerprint density at radius 3 is 3.08 bits per heavy atom. The van der Waals surface area contributed by atoms with Gasteiger partial charge in [0.05, 0.1) is 0 Å². The molecule has 0 aromatic heterocycles. The maximum Gasteiger partial charge on any atom is 0.317 e. The maximum absolute atomic E-state index is 11.4. The van der Waals surface area contributed by atoms with Gasteiger partial charge < -0.3 is 15.5 Å². The van der Waals surface area contributed by atoms with Gasteiger partial charge in [-0.25, -0.2) is 4.79 Å². The SMILES string of the molecule is CNC(C)CN1CC(C)CNC1=O. The highest BCUT2D eigenvalue weighted by atomic mass is 16.2. The van der Waals surface area contributed by atoms with E-state index in [9.17, 15) is 4.79 Å². The van der Waals surface area contributed by atoms with Gasteiger partial charge in [0.25, 0.3) is 0 Å². The number of urea groups is 1. The number of nitrogens with one attached hydrogen (secondary N) is 2. The van der Waals surface area contributed by atoms with Crippen molar-refractivity contribution in [3.05, 3.63) is 0 Å². The van der Waals surface area contributed by atoms with Crippen LogP contribution in [0.2, 0.25) is 0 Å². The molecule has 2 unspecified atom stereocenters. The van der Waals surface area contributed by atoms with Crippen LogP contribution in [0.1, 0.15) is 13.8 Å². The third-order valence-corrected chi connectivity index (χ3v) is 2.41. The van der Waals surface area contributed by atoms with E-state index in [4.69, 9.17) is 0 Å². The first-order valence-electron chi connectivity index (χ1n) is 4.83. The molecular formula is C9H19N3O. The number of rotatable bonds is 3. The smallest absolute Gasteiger partial charge is 0.317 e. The third-order valence-electron chi connectivity index (χ3n) is 2.41. The second-order valence-electron chi connectivity index (χ2n) is 3.89. The van der Waals surface area contributed by atoms with E-state index in [1.165, 1.54) is 0 Å². The summed E-state index contributed by atoms with van der Waals surface area (Å²) in [5.41, 5.74) is 0. The molecule has 1 saturated heterocycles. The molecule has 0 aromatic rings. The monoisotopic (exact) mass is 185 g/mol. The molecule has 0 bridgehead atoms. The fourth-order valence-electron chi connectivity index (χ4n) is 1.48.